The first-order chi connectivity index (χ1) is 12.6. The van der Waals surface area contributed by atoms with E-state index in [1.54, 1.807) is 25.4 Å². The molecular formula is C19H22N4O3. The third-order valence-corrected chi connectivity index (χ3v) is 5.06. The molecule has 1 atom stereocenters. The summed E-state index contributed by atoms with van der Waals surface area (Å²) in [6.07, 6.45) is 7.27. The quantitative estimate of drug-likeness (QED) is 0.910. The normalized spacial score (nSPS) is 20.0. The van der Waals surface area contributed by atoms with Gasteiger partial charge in [0.1, 0.15) is 11.5 Å². The van der Waals surface area contributed by atoms with Crippen LogP contribution in [0.3, 0.4) is 0 Å². The van der Waals surface area contributed by atoms with Gasteiger partial charge in [-0.25, -0.2) is 9.97 Å². The first-order valence-corrected chi connectivity index (χ1v) is 9.12. The van der Waals surface area contributed by atoms with Gasteiger partial charge in [-0.2, -0.15) is 0 Å². The molecule has 4 rings (SSSR count). The molecule has 1 aliphatic carbocycles. The summed E-state index contributed by atoms with van der Waals surface area (Å²) in [5.74, 6) is 1.66. The van der Waals surface area contributed by atoms with Gasteiger partial charge < -0.3 is 14.6 Å². The van der Waals surface area contributed by atoms with E-state index in [-0.39, 0.29) is 17.7 Å². The highest BCUT2D eigenvalue weighted by Crippen LogP contribution is 2.29. The summed E-state index contributed by atoms with van der Waals surface area (Å²) in [4.78, 5) is 35.8. The van der Waals surface area contributed by atoms with Crippen LogP contribution in [0.2, 0.25) is 0 Å². The van der Waals surface area contributed by atoms with Crippen molar-refractivity contribution in [3.8, 4) is 0 Å². The van der Waals surface area contributed by atoms with Crippen LogP contribution in [0.1, 0.15) is 57.9 Å². The van der Waals surface area contributed by atoms with Gasteiger partial charge in [0.2, 0.25) is 5.95 Å². The minimum Gasteiger partial charge on any atom is -0.465 e. The van der Waals surface area contributed by atoms with Crippen LogP contribution in [0, 0.1) is 6.92 Å². The molecule has 2 aromatic heterocycles. The molecule has 1 unspecified atom stereocenters. The van der Waals surface area contributed by atoms with Crippen molar-refractivity contribution in [2.75, 3.05) is 18.0 Å². The van der Waals surface area contributed by atoms with Crippen LogP contribution in [0.15, 0.2) is 22.9 Å². The molecule has 1 N–H and O–H groups in total. The van der Waals surface area contributed by atoms with E-state index in [0.717, 1.165) is 32.2 Å². The summed E-state index contributed by atoms with van der Waals surface area (Å²) in [7, 11) is 0. The predicted octanol–water partition coefficient (Wildman–Crippen LogP) is 2.30. The number of amides is 1. The Morgan fingerprint density at radius 1 is 1.27 bits per heavy atom. The highest BCUT2D eigenvalue weighted by molar-refractivity contribution is 6.10. The fraction of sp³-hybridized carbons (Fsp3) is 0.474. The van der Waals surface area contributed by atoms with Gasteiger partial charge in [-0.1, -0.05) is 0 Å². The summed E-state index contributed by atoms with van der Waals surface area (Å²) >= 11 is 0. The molecule has 1 fully saturated rings. The fourth-order valence-electron chi connectivity index (χ4n) is 3.87. The van der Waals surface area contributed by atoms with Gasteiger partial charge >= 0.3 is 0 Å². The van der Waals surface area contributed by atoms with Crippen LogP contribution < -0.4 is 10.2 Å². The molecule has 3 heterocycles. The molecule has 1 amide bonds. The Hall–Kier alpha value is -2.70. The molecule has 0 bridgehead atoms. The summed E-state index contributed by atoms with van der Waals surface area (Å²) in [5.41, 5.74) is 0.906. The van der Waals surface area contributed by atoms with Gasteiger partial charge in [0.25, 0.3) is 5.91 Å². The van der Waals surface area contributed by atoms with Crippen LogP contribution in [-0.2, 0) is 6.42 Å². The maximum Gasteiger partial charge on any atom is 0.255 e. The Morgan fingerprint density at radius 3 is 2.88 bits per heavy atom. The lowest BCUT2D eigenvalue weighted by Gasteiger charge is -2.33. The zero-order valence-electron chi connectivity index (χ0n) is 14.8. The standard InChI is InChI=1S/C19H22N4O3/c1-12-16(17-14(24)6-2-7-15(17)26-12)18(25)22-13-5-3-10-23(11-13)19-20-8-4-9-21-19/h4,8-9,13H,2-3,5-7,10-11H2,1H3,(H,22,25). The number of carbonyl (C=O) groups is 2. The number of rotatable bonds is 3. The number of anilines is 1. The van der Waals surface area contributed by atoms with E-state index in [9.17, 15) is 9.59 Å². The molecule has 2 aromatic rings. The molecule has 1 aliphatic heterocycles. The van der Waals surface area contributed by atoms with Crippen molar-refractivity contribution in [3.05, 3.63) is 41.1 Å². The number of aromatic nitrogens is 2. The number of aryl methyl sites for hydroxylation is 2. The van der Waals surface area contributed by atoms with Crippen molar-refractivity contribution in [1.29, 1.82) is 0 Å². The first-order valence-electron chi connectivity index (χ1n) is 9.12. The van der Waals surface area contributed by atoms with Crippen molar-refractivity contribution in [2.24, 2.45) is 0 Å². The van der Waals surface area contributed by atoms with Gasteiger partial charge in [0.05, 0.1) is 11.1 Å². The number of hydrogen-bond donors (Lipinski definition) is 1. The monoisotopic (exact) mass is 354 g/mol. The molecule has 0 radical (unpaired) electrons. The largest absolute Gasteiger partial charge is 0.465 e. The van der Waals surface area contributed by atoms with Crippen molar-refractivity contribution in [2.45, 2.75) is 45.1 Å². The number of nitrogens with zero attached hydrogens (tertiary/aromatic N) is 3. The molecule has 2 aliphatic rings. The molecular weight excluding hydrogens is 332 g/mol. The lowest BCUT2D eigenvalue weighted by Crippen LogP contribution is -2.48. The third-order valence-electron chi connectivity index (χ3n) is 5.06. The second kappa shape index (κ2) is 6.90. The van der Waals surface area contributed by atoms with E-state index in [0.29, 0.717) is 41.6 Å². The number of Topliss-reactive ketones (excluding diaryl/α,β-unsaturated/α-hetero) is 1. The van der Waals surface area contributed by atoms with E-state index < -0.39 is 0 Å². The van der Waals surface area contributed by atoms with E-state index in [4.69, 9.17) is 4.42 Å². The molecule has 1 saturated heterocycles. The molecule has 0 saturated carbocycles. The topological polar surface area (TPSA) is 88.3 Å². The Balaban J connectivity index is 1.50. The van der Waals surface area contributed by atoms with Gasteiger partial charge in [-0.05, 0) is 32.3 Å². The van der Waals surface area contributed by atoms with Gasteiger partial charge in [-0.15, -0.1) is 0 Å². The van der Waals surface area contributed by atoms with Gasteiger partial charge in [0.15, 0.2) is 5.78 Å². The van der Waals surface area contributed by atoms with E-state index >= 15 is 0 Å². The molecule has 26 heavy (non-hydrogen) atoms. The van der Waals surface area contributed by atoms with Crippen LogP contribution >= 0.6 is 0 Å². The molecule has 0 spiro atoms. The maximum atomic E-state index is 12.9. The highest BCUT2D eigenvalue weighted by Gasteiger charge is 2.32. The van der Waals surface area contributed by atoms with E-state index in [2.05, 4.69) is 20.2 Å². The molecule has 7 nitrogen and oxygen atoms in total. The van der Waals surface area contributed by atoms with Crippen molar-refractivity contribution in [1.82, 2.24) is 15.3 Å². The summed E-state index contributed by atoms with van der Waals surface area (Å²) in [6.45, 7) is 3.28. The minimum absolute atomic E-state index is 0.0104. The summed E-state index contributed by atoms with van der Waals surface area (Å²) in [5, 5.41) is 3.08. The fourth-order valence-corrected chi connectivity index (χ4v) is 3.87. The number of carbonyl (C=O) groups excluding carboxylic acids is 2. The smallest absolute Gasteiger partial charge is 0.255 e. The second-order valence-corrected chi connectivity index (χ2v) is 6.92. The number of ketones is 1. The van der Waals surface area contributed by atoms with Crippen LogP contribution in [0.5, 0.6) is 0 Å². The van der Waals surface area contributed by atoms with Gasteiger partial charge in [-0.3, -0.25) is 9.59 Å². The summed E-state index contributed by atoms with van der Waals surface area (Å²) < 4.78 is 5.70. The van der Waals surface area contributed by atoms with Crippen molar-refractivity contribution in [3.63, 3.8) is 0 Å². The lowest BCUT2D eigenvalue weighted by molar-refractivity contribution is 0.0913. The predicted molar refractivity (Wildman–Crippen MR) is 95.4 cm³/mol. The number of piperidine rings is 1. The van der Waals surface area contributed by atoms with Gasteiger partial charge in [0, 0.05) is 44.4 Å². The third kappa shape index (κ3) is 3.09. The first kappa shape index (κ1) is 16.8. The Kier molecular flexibility index (Phi) is 4.44. The van der Waals surface area contributed by atoms with Crippen LogP contribution in [-0.4, -0.2) is 40.8 Å². The van der Waals surface area contributed by atoms with Crippen molar-refractivity contribution >= 4 is 17.6 Å². The number of furan rings is 1. The number of hydrogen-bond acceptors (Lipinski definition) is 6. The lowest BCUT2D eigenvalue weighted by atomic mass is 9.93. The van der Waals surface area contributed by atoms with E-state index in [1.165, 1.54) is 0 Å². The second-order valence-electron chi connectivity index (χ2n) is 6.92. The Morgan fingerprint density at radius 2 is 2.08 bits per heavy atom. The average molecular weight is 354 g/mol. The molecule has 136 valence electrons. The Labute approximate surface area is 151 Å². The average Bonchev–Trinajstić information content (AvgIpc) is 3.00. The van der Waals surface area contributed by atoms with E-state index in [1.807, 2.05) is 0 Å². The number of fused-ring (bicyclic) bond motifs is 1. The minimum atomic E-state index is -0.219. The molecule has 7 heteroatoms. The SMILES string of the molecule is Cc1oc2c(c1C(=O)NC1CCCN(c3ncccn3)C1)C(=O)CCC2. The number of nitrogens with one attached hydrogen (secondary N) is 1. The molecule has 0 aromatic carbocycles. The Bertz CT molecular complexity index is 831. The van der Waals surface area contributed by atoms with Crippen molar-refractivity contribution < 1.29 is 14.0 Å². The van der Waals surface area contributed by atoms with Crippen LogP contribution in [0.25, 0.3) is 0 Å². The zero-order chi connectivity index (χ0) is 18.1. The maximum absolute atomic E-state index is 12.9. The summed E-state index contributed by atoms with van der Waals surface area (Å²) in [6, 6.07) is 1.78. The van der Waals surface area contributed by atoms with Crippen LogP contribution in [0.4, 0.5) is 5.95 Å². The zero-order valence-corrected chi connectivity index (χ0v) is 14.8. The highest BCUT2D eigenvalue weighted by atomic mass is 16.3.